The summed E-state index contributed by atoms with van der Waals surface area (Å²) in [6.07, 6.45) is 4.67. The van der Waals surface area contributed by atoms with Crippen LogP contribution in [-0.2, 0) is 6.54 Å². The van der Waals surface area contributed by atoms with E-state index in [4.69, 9.17) is 4.42 Å². The highest BCUT2D eigenvalue weighted by atomic mass is 16.6. The summed E-state index contributed by atoms with van der Waals surface area (Å²) in [6, 6.07) is 3.35. The van der Waals surface area contributed by atoms with Crippen LogP contribution >= 0.6 is 0 Å². The average Bonchev–Trinajstić information content (AvgIpc) is 3.16. The molecule has 8 nitrogen and oxygen atoms in total. The summed E-state index contributed by atoms with van der Waals surface area (Å²) >= 11 is 0. The third kappa shape index (κ3) is 3.41. The number of carbonyl (C=O) groups is 1. The number of piperidine rings is 1. The minimum absolute atomic E-state index is 0.0739. The number of likely N-dealkylation sites (tertiary alicyclic amines) is 1. The van der Waals surface area contributed by atoms with Crippen LogP contribution in [0.3, 0.4) is 0 Å². The van der Waals surface area contributed by atoms with Crippen LogP contribution in [0.15, 0.2) is 28.9 Å². The average molecular weight is 318 g/mol. The predicted octanol–water partition coefficient (Wildman–Crippen LogP) is 2.30. The number of hydrogen-bond acceptors (Lipinski definition) is 5. The van der Waals surface area contributed by atoms with Crippen molar-refractivity contribution in [3.63, 3.8) is 0 Å². The molecule has 1 aliphatic rings. The number of carbonyl (C=O) groups excluding carboxylic acids is 1. The first-order valence-corrected chi connectivity index (χ1v) is 7.58. The topological polar surface area (TPSA) is 94.4 Å². The number of furan rings is 1. The molecule has 0 N–H and O–H groups in total. The van der Waals surface area contributed by atoms with Crippen molar-refractivity contribution in [1.29, 1.82) is 0 Å². The van der Waals surface area contributed by atoms with Crippen LogP contribution in [0.25, 0.3) is 0 Å². The molecule has 2 aromatic heterocycles. The third-order valence-corrected chi connectivity index (χ3v) is 3.96. The summed E-state index contributed by atoms with van der Waals surface area (Å²) in [7, 11) is 0. The monoisotopic (exact) mass is 318 g/mol. The molecular formula is C15H18N4O4. The summed E-state index contributed by atoms with van der Waals surface area (Å²) in [6.45, 7) is 3.89. The van der Waals surface area contributed by atoms with Gasteiger partial charge in [0.15, 0.2) is 5.76 Å². The Labute approximate surface area is 132 Å². The first kappa shape index (κ1) is 15.3. The Balaban J connectivity index is 1.67. The zero-order valence-corrected chi connectivity index (χ0v) is 12.8. The maximum absolute atomic E-state index is 12.4. The second-order valence-electron chi connectivity index (χ2n) is 5.92. The van der Waals surface area contributed by atoms with Gasteiger partial charge in [0, 0.05) is 13.1 Å². The van der Waals surface area contributed by atoms with Gasteiger partial charge >= 0.3 is 5.69 Å². The summed E-state index contributed by atoms with van der Waals surface area (Å²) in [5.74, 6) is 1.24. The molecule has 0 aliphatic carbocycles. The Morgan fingerprint density at radius 3 is 3.04 bits per heavy atom. The minimum Gasteiger partial charge on any atom is -0.454 e. The Morgan fingerprint density at radius 1 is 1.52 bits per heavy atom. The van der Waals surface area contributed by atoms with Crippen LogP contribution in [0.5, 0.6) is 0 Å². The van der Waals surface area contributed by atoms with Crippen LogP contribution in [-0.4, -0.2) is 38.6 Å². The SMILES string of the molecule is CC1CCCN(C(=O)c2ccc(Cn3cc([N+](=O)[O-])cn3)o2)C1. The number of hydrogen-bond donors (Lipinski definition) is 0. The lowest BCUT2D eigenvalue weighted by atomic mass is 10.0. The second kappa shape index (κ2) is 6.23. The Bertz CT molecular complexity index is 721. The number of nitrogens with zero attached hydrogens (tertiary/aromatic N) is 4. The summed E-state index contributed by atoms with van der Waals surface area (Å²) in [5.41, 5.74) is -0.0739. The molecule has 1 amide bonds. The Kier molecular flexibility index (Phi) is 4.14. The zero-order valence-electron chi connectivity index (χ0n) is 12.8. The molecule has 0 saturated carbocycles. The molecule has 0 radical (unpaired) electrons. The summed E-state index contributed by atoms with van der Waals surface area (Å²) < 4.78 is 7.00. The van der Waals surface area contributed by atoms with E-state index in [0.29, 0.717) is 17.4 Å². The van der Waals surface area contributed by atoms with Gasteiger partial charge < -0.3 is 9.32 Å². The van der Waals surface area contributed by atoms with Crippen molar-refractivity contribution >= 4 is 11.6 Å². The summed E-state index contributed by atoms with van der Waals surface area (Å²) in [5, 5.41) is 14.5. The highest BCUT2D eigenvalue weighted by molar-refractivity contribution is 5.91. The van der Waals surface area contributed by atoms with Crippen LogP contribution in [0.2, 0.25) is 0 Å². The van der Waals surface area contributed by atoms with Crippen molar-refractivity contribution < 1.29 is 14.1 Å². The van der Waals surface area contributed by atoms with Gasteiger partial charge in [-0.05, 0) is 30.9 Å². The standard InChI is InChI=1S/C15H18N4O4/c1-11-3-2-6-17(8-11)15(20)14-5-4-13(23-14)10-18-9-12(7-16-18)19(21)22/h4-5,7,9,11H,2-3,6,8,10H2,1H3. The molecule has 3 heterocycles. The van der Waals surface area contributed by atoms with E-state index in [9.17, 15) is 14.9 Å². The molecule has 1 fully saturated rings. The van der Waals surface area contributed by atoms with E-state index in [2.05, 4.69) is 12.0 Å². The van der Waals surface area contributed by atoms with Gasteiger partial charge in [-0.15, -0.1) is 0 Å². The molecule has 0 spiro atoms. The predicted molar refractivity (Wildman–Crippen MR) is 81.0 cm³/mol. The molecule has 1 atom stereocenters. The normalized spacial score (nSPS) is 18.1. The van der Waals surface area contributed by atoms with E-state index in [0.717, 1.165) is 25.9 Å². The van der Waals surface area contributed by atoms with Gasteiger partial charge in [0.2, 0.25) is 0 Å². The highest BCUT2D eigenvalue weighted by Crippen LogP contribution is 2.19. The Hall–Kier alpha value is -2.64. The van der Waals surface area contributed by atoms with Crippen LogP contribution < -0.4 is 0 Å². The highest BCUT2D eigenvalue weighted by Gasteiger charge is 2.24. The Morgan fingerprint density at radius 2 is 2.35 bits per heavy atom. The van der Waals surface area contributed by atoms with Gasteiger partial charge in [-0.1, -0.05) is 6.92 Å². The molecule has 0 aromatic carbocycles. The van der Waals surface area contributed by atoms with E-state index >= 15 is 0 Å². The molecule has 3 rings (SSSR count). The van der Waals surface area contributed by atoms with Crippen LogP contribution in [0.1, 0.15) is 36.1 Å². The number of amides is 1. The number of aromatic nitrogens is 2. The van der Waals surface area contributed by atoms with Crippen molar-refractivity contribution in [1.82, 2.24) is 14.7 Å². The molecule has 23 heavy (non-hydrogen) atoms. The molecule has 1 unspecified atom stereocenters. The first-order chi connectivity index (χ1) is 11.0. The zero-order chi connectivity index (χ0) is 16.4. The van der Waals surface area contributed by atoms with Gasteiger partial charge in [-0.25, -0.2) is 0 Å². The smallest absolute Gasteiger partial charge is 0.307 e. The first-order valence-electron chi connectivity index (χ1n) is 7.58. The molecule has 122 valence electrons. The lowest BCUT2D eigenvalue weighted by Crippen LogP contribution is -2.38. The molecule has 8 heteroatoms. The van der Waals surface area contributed by atoms with Crippen LogP contribution in [0.4, 0.5) is 5.69 Å². The molecule has 1 aliphatic heterocycles. The fraction of sp³-hybridized carbons (Fsp3) is 0.467. The van der Waals surface area contributed by atoms with Crippen molar-refractivity contribution in [2.45, 2.75) is 26.3 Å². The molecule has 1 saturated heterocycles. The van der Waals surface area contributed by atoms with Crippen molar-refractivity contribution in [3.05, 3.63) is 46.2 Å². The maximum atomic E-state index is 12.4. The van der Waals surface area contributed by atoms with Crippen molar-refractivity contribution in [3.8, 4) is 0 Å². The quantitative estimate of drug-likeness (QED) is 0.637. The fourth-order valence-corrected chi connectivity index (χ4v) is 2.80. The van der Waals surface area contributed by atoms with E-state index < -0.39 is 4.92 Å². The maximum Gasteiger partial charge on any atom is 0.307 e. The number of nitro groups is 1. The van der Waals surface area contributed by atoms with E-state index in [1.54, 1.807) is 12.1 Å². The van der Waals surface area contributed by atoms with Gasteiger partial charge in [0.25, 0.3) is 5.91 Å². The fourth-order valence-electron chi connectivity index (χ4n) is 2.80. The van der Waals surface area contributed by atoms with E-state index in [-0.39, 0.29) is 18.1 Å². The summed E-state index contributed by atoms with van der Waals surface area (Å²) in [4.78, 5) is 24.4. The van der Waals surface area contributed by atoms with E-state index in [1.165, 1.54) is 17.1 Å². The van der Waals surface area contributed by atoms with Gasteiger partial charge in [-0.2, -0.15) is 5.10 Å². The van der Waals surface area contributed by atoms with Crippen LogP contribution in [0, 0.1) is 16.0 Å². The van der Waals surface area contributed by atoms with E-state index in [1.807, 2.05) is 4.90 Å². The van der Waals surface area contributed by atoms with Crippen molar-refractivity contribution in [2.75, 3.05) is 13.1 Å². The third-order valence-electron chi connectivity index (χ3n) is 3.96. The minimum atomic E-state index is -0.502. The lowest BCUT2D eigenvalue weighted by Gasteiger charge is -2.30. The second-order valence-corrected chi connectivity index (χ2v) is 5.92. The van der Waals surface area contributed by atoms with Gasteiger partial charge in [0.05, 0.1) is 11.5 Å². The molecule has 2 aromatic rings. The molecule has 0 bridgehead atoms. The number of rotatable bonds is 4. The van der Waals surface area contributed by atoms with Crippen molar-refractivity contribution in [2.24, 2.45) is 5.92 Å². The van der Waals surface area contributed by atoms with Gasteiger partial charge in [0.1, 0.15) is 18.2 Å². The van der Waals surface area contributed by atoms with Gasteiger partial charge in [-0.3, -0.25) is 19.6 Å². The largest absolute Gasteiger partial charge is 0.454 e. The lowest BCUT2D eigenvalue weighted by molar-refractivity contribution is -0.385. The molecular weight excluding hydrogens is 300 g/mol.